The smallest absolute Gasteiger partial charge is 0.312 e. The molecule has 0 spiro atoms. The summed E-state index contributed by atoms with van der Waals surface area (Å²) >= 11 is 0. The summed E-state index contributed by atoms with van der Waals surface area (Å²) in [6, 6.07) is 18.3. The first kappa shape index (κ1) is 19.2. The van der Waals surface area contributed by atoms with Crippen molar-refractivity contribution in [1.29, 1.82) is 0 Å². The summed E-state index contributed by atoms with van der Waals surface area (Å²) in [5, 5.41) is 2.23. The van der Waals surface area contributed by atoms with Gasteiger partial charge in [0.15, 0.2) is 6.10 Å². The highest BCUT2D eigenvalue weighted by Gasteiger charge is 2.33. The van der Waals surface area contributed by atoms with Crippen molar-refractivity contribution in [1.82, 2.24) is 0 Å². The molecule has 1 unspecified atom stereocenters. The molecule has 4 rings (SSSR count). The molecule has 0 amide bonds. The highest BCUT2D eigenvalue weighted by molar-refractivity contribution is 6.02. The highest BCUT2D eigenvalue weighted by Crippen LogP contribution is 2.46. The summed E-state index contributed by atoms with van der Waals surface area (Å²) in [5.41, 5.74) is 4.30. The fraction of sp³-hybridized carbons (Fsp3) is 0.280. The predicted octanol–water partition coefficient (Wildman–Crippen LogP) is 5.56. The van der Waals surface area contributed by atoms with Crippen LogP contribution in [0, 0.1) is 5.41 Å². The van der Waals surface area contributed by atoms with Crippen LogP contribution in [0.5, 0.6) is 0 Å². The van der Waals surface area contributed by atoms with Gasteiger partial charge in [0.1, 0.15) is 6.61 Å². The summed E-state index contributed by atoms with van der Waals surface area (Å²) in [4.78, 5) is 24.0. The second-order valence-electron chi connectivity index (χ2n) is 8.49. The fourth-order valence-electron chi connectivity index (χ4n) is 3.74. The molecule has 4 nitrogen and oxygen atoms in total. The Hall–Kier alpha value is -3.14. The van der Waals surface area contributed by atoms with E-state index in [0.29, 0.717) is 0 Å². The number of carbonyl (C=O) groups excluding carboxylic acids is 2. The minimum atomic E-state index is -0.611. The van der Waals surface area contributed by atoms with E-state index in [0.717, 1.165) is 38.6 Å². The van der Waals surface area contributed by atoms with Gasteiger partial charge in [-0.15, -0.1) is 0 Å². The van der Waals surface area contributed by atoms with E-state index >= 15 is 0 Å². The molecule has 0 fully saturated rings. The molecular formula is C25H24O4. The topological polar surface area (TPSA) is 52.6 Å². The average molecular weight is 388 g/mol. The number of hydrogen-bond acceptors (Lipinski definition) is 4. The first-order valence-electron chi connectivity index (χ1n) is 9.75. The monoisotopic (exact) mass is 388 g/mol. The van der Waals surface area contributed by atoms with Gasteiger partial charge in [-0.3, -0.25) is 9.59 Å². The largest absolute Gasteiger partial charge is 0.461 e. The molecule has 0 aromatic heterocycles. The van der Waals surface area contributed by atoms with Gasteiger partial charge in [0, 0.05) is 18.1 Å². The van der Waals surface area contributed by atoms with Gasteiger partial charge in [-0.2, -0.15) is 0 Å². The van der Waals surface area contributed by atoms with Crippen molar-refractivity contribution in [3.63, 3.8) is 0 Å². The number of fused-ring (bicyclic) bond motifs is 2. The van der Waals surface area contributed by atoms with Gasteiger partial charge < -0.3 is 9.47 Å². The maximum absolute atomic E-state index is 12.8. The van der Waals surface area contributed by atoms with Crippen LogP contribution in [-0.4, -0.2) is 11.9 Å². The second kappa shape index (κ2) is 7.03. The van der Waals surface area contributed by atoms with Crippen molar-refractivity contribution >= 4 is 22.7 Å². The summed E-state index contributed by atoms with van der Waals surface area (Å²) < 4.78 is 11.2. The Labute approximate surface area is 170 Å². The molecule has 0 saturated heterocycles. The molecule has 3 aromatic carbocycles. The second-order valence-corrected chi connectivity index (χ2v) is 8.49. The van der Waals surface area contributed by atoms with E-state index in [1.807, 2.05) is 57.2 Å². The number of hydrogen-bond donors (Lipinski definition) is 0. The Morgan fingerprint density at radius 2 is 1.66 bits per heavy atom. The van der Waals surface area contributed by atoms with E-state index in [2.05, 4.69) is 18.2 Å². The molecule has 1 aliphatic rings. The van der Waals surface area contributed by atoms with Crippen LogP contribution in [0.25, 0.3) is 21.9 Å². The van der Waals surface area contributed by atoms with Gasteiger partial charge in [-0.05, 0) is 54.3 Å². The molecule has 29 heavy (non-hydrogen) atoms. The lowest BCUT2D eigenvalue weighted by Crippen LogP contribution is -2.26. The zero-order chi connectivity index (χ0) is 20.8. The van der Waals surface area contributed by atoms with Crippen LogP contribution < -0.4 is 0 Å². The number of benzene rings is 3. The standard InChI is InChI=1S/C25H24O4/c1-15(26)28-14-16-11-12-18-19-9-5-7-17-8-6-10-20(22(17)19)23(21(18)13-16)29-24(27)25(2,3)4/h5-13,23H,14H2,1-4H3. The van der Waals surface area contributed by atoms with Crippen LogP contribution in [0.1, 0.15) is 50.5 Å². The summed E-state index contributed by atoms with van der Waals surface area (Å²) in [5.74, 6) is -0.580. The summed E-state index contributed by atoms with van der Waals surface area (Å²) in [6.07, 6.45) is -0.507. The van der Waals surface area contributed by atoms with Crippen LogP contribution in [0.3, 0.4) is 0 Å². The molecule has 1 atom stereocenters. The van der Waals surface area contributed by atoms with Crippen molar-refractivity contribution in [2.24, 2.45) is 5.41 Å². The molecule has 0 heterocycles. The summed E-state index contributed by atoms with van der Waals surface area (Å²) in [7, 11) is 0. The number of carbonyl (C=O) groups is 2. The number of ether oxygens (including phenoxy) is 2. The Kier molecular flexibility index (Phi) is 4.65. The van der Waals surface area contributed by atoms with Gasteiger partial charge in [0.2, 0.25) is 0 Å². The predicted molar refractivity (Wildman–Crippen MR) is 112 cm³/mol. The van der Waals surface area contributed by atoms with E-state index in [1.54, 1.807) is 0 Å². The van der Waals surface area contributed by atoms with E-state index in [9.17, 15) is 9.59 Å². The van der Waals surface area contributed by atoms with Gasteiger partial charge >= 0.3 is 11.9 Å². The molecule has 0 N–H and O–H groups in total. The van der Waals surface area contributed by atoms with Crippen LogP contribution >= 0.6 is 0 Å². The minimum absolute atomic E-state index is 0.189. The van der Waals surface area contributed by atoms with E-state index < -0.39 is 11.5 Å². The first-order chi connectivity index (χ1) is 13.8. The molecular weight excluding hydrogens is 364 g/mol. The quantitative estimate of drug-likeness (QED) is 0.551. The van der Waals surface area contributed by atoms with E-state index in [-0.39, 0.29) is 18.5 Å². The third kappa shape index (κ3) is 3.51. The Morgan fingerprint density at radius 3 is 2.34 bits per heavy atom. The van der Waals surface area contributed by atoms with Crippen LogP contribution in [-0.2, 0) is 25.7 Å². The molecule has 1 aliphatic carbocycles. The van der Waals surface area contributed by atoms with Crippen molar-refractivity contribution < 1.29 is 19.1 Å². The molecule has 148 valence electrons. The Balaban J connectivity index is 1.90. The van der Waals surface area contributed by atoms with Gasteiger partial charge in [0.05, 0.1) is 5.41 Å². The van der Waals surface area contributed by atoms with Crippen molar-refractivity contribution in [3.05, 3.63) is 71.3 Å². The normalized spacial score (nSPS) is 15.0. The minimum Gasteiger partial charge on any atom is -0.461 e. The SMILES string of the molecule is CC(=O)OCc1ccc2c(c1)C(OC(=O)C(C)(C)C)c1cccc3cccc-2c13. The molecule has 3 aromatic rings. The Morgan fingerprint density at radius 1 is 0.931 bits per heavy atom. The molecule has 0 radical (unpaired) electrons. The molecule has 0 saturated carbocycles. The maximum atomic E-state index is 12.8. The third-order valence-electron chi connectivity index (χ3n) is 5.19. The zero-order valence-corrected chi connectivity index (χ0v) is 17.1. The first-order valence-corrected chi connectivity index (χ1v) is 9.75. The lowest BCUT2D eigenvalue weighted by molar-refractivity contribution is -0.157. The fourth-order valence-corrected chi connectivity index (χ4v) is 3.74. The maximum Gasteiger partial charge on any atom is 0.312 e. The molecule has 0 aliphatic heterocycles. The van der Waals surface area contributed by atoms with Crippen LogP contribution in [0.2, 0.25) is 0 Å². The third-order valence-corrected chi connectivity index (χ3v) is 5.19. The van der Waals surface area contributed by atoms with Crippen LogP contribution in [0.4, 0.5) is 0 Å². The van der Waals surface area contributed by atoms with Crippen molar-refractivity contribution in [2.75, 3.05) is 0 Å². The lowest BCUT2D eigenvalue weighted by atomic mass is 9.81. The average Bonchev–Trinajstić information content (AvgIpc) is 2.68. The Bertz CT molecular complexity index is 1120. The van der Waals surface area contributed by atoms with Gasteiger partial charge in [-0.25, -0.2) is 0 Å². The van der Waals surface area contributed by atoms with Gasteiger partial charge in [-0.1, -0.05) is 48.5 Å². The number of esters is 2. The van der Waals surface area contributed by atoms with E-state index in [1.165, 1.54) is 6.92 Å². The summed E-state index contributed by atoms with van der Waals surface area (Å²) in [6.45, 7) is 7.14. The number of rotatable bonds is 3. The zero-order valence-electron chi connectivity index (χ0n) is 17.1. The molecule has 0 bridgehead atoms. The van der Waals surface area contributed by atoms with Gasteiger partial charge in [0.25, 0.3) is 0 Å². The molecule has 4 heteroatoms. The lowest BCUT2D eigenvalue weighted by Gasteiger charge is -2.31. The van der Waals surface area contributed by atoms with Crippen molar-refractivity contribution in [2.45, 2.75) is 40.4 Å². The van der Waals surface area contributed by atoms with Crippen LogP contribution in [0.15, 0.2) is 54.6 Å². The van der Waals surface area contributed by atoms with Crippen molar-refractivity contribution in [3.8, 4) is 11.1 Å². The van der Waals surface area contributed by atoms with E-state index in [4.69, 9.17) is 9.47 Å². The highest BCUT2D eigenvalue weighted by atomic mass is 16.5.